The Morgan fingerprint density at radius 3 is 2.67 bits per heavy atom. The molecule has 0 saturated heterocycles. The van der Waals surface area contributed by atoms with E-state index in [1.165, 1.54) is 12.5 Å². The van der Waals surface area contributed by atoms with Crippen LogP contribution in [-0.4, -0.2) is 46.8 Å². The molecule has 0 unspecified atom stereocenters. The van der Waals surface area contributed by atoms with Gasteiger partial charge in [0, 0.05) is 32.1 Å². The number of nitrogens with one attached hydrogen (secondary N) is 3. The maximum absolute atomic E-state index is 13.5. The van der Waals surface area contributed by atoms with Gasteiger partial charge >= 0.3 is 0 Å². The zero-order chi connectivity index (χ0) is 19.3. The van der Waals surface area contributed by atoms with Crippen LogP contribution in [0.3, 0.4) is 0 Å². The monoisotopic (exact) mass is 396 g/mol. The number of halogens is 1. The van der Waals surface area contributed by atoms with Gasteiger partial charge in [-0.25, -0.2) is 17.5 Å². The zero-order valence-electron chi connectivity index (χ0n) is 15.8. The van der Waals surface area contributed by atoms with Crippen LogP contribution in [-0.2, 0) is 15.4 Å². The zero-order valence-corrected chi connectivity index (χ0v) is 16.6. The second kappa shape index (κ2) is 8.56. The Morgan fingerprint density at radius 2 is 2.07 bits per heavy atom. The summed E-state index contributed by atoms with van der Waals surface area (Å²) >= 11 is 0. The van der Waals surface area contributed by atoms with Gasteiger partial charge in [0.1, 0.15) is 5.82 Å². The minimum atomic E-state index is -3.27. The number of rotatable bonds is 9. The lowest BCUT2D eigenvalue weighted by Gasteiger charge is -2.25. The minimum Gasteiger partial charge on any atom is -0.356 e. The Labute approximate surface area is 161 Å². The van der Waals surface area contributed by atoms with Crippen LogP contribution in [0, 0.1) is 11.7 Å². The fourth-order valence-corrected chi connectivity index (χ4v) is 4.33. The summed E-state index contributed by atoms with van der Waals surface area (Å²) in [6.07, 6.45) is 5.43. The Bertz CT molecular complexity index is 774. The van der Waals surface area contributed by atoms with Crippen LogP contribution >= 0.6 is 0 Å². The first-order valence-corrected chi connectivity index (χ1v) is 11.3. The van der Waals surface area contributed by atoms with Crippen LogP contribution in [0.2, 0.25) is 0 Å². The average molecular weight is 397 g/mol. The lowest BCUT2D eigenvalue weighted by molar-refractivity contribution is 0.316. The van der Waals surface area contributed by atoms with Gasteiger partial charge in [-0.05, 0) is 49.3 Å². The molecular weight excluding hydrogens is 367 g/mol. The average Bonchev–Trinajstić information content (AvgIpc) is 3.37. The van der Waals surface area contributed by atoms with Crippen LogP contribution in [0.15, 0.2) is 29.3 Å². The van der Waals surface area contributed by atoms with Crippen LogP contribution in [0.1, 0.15) is 37.7 Å². The van der Waals surface area contributed by atoms with Crippen molar-refractivity contribution in [2.24, 2.45) is 10.9 Å². The number of guanidine groups is 1. The van der Waals surface area contributed by atoms with Crippen molar-refractivity contribution in [2.45, 2.75) is 37.5 Å². The molecule has 6 nitrogen and oxygen atoms in total. The smallest absolute Gasteiger partial charge is 0.213 e. The molecular formula is C19H29FN4O2S. The van der Waals surface area contributed by atoms with E-state index >= 15 is 0 Å². The van der Waals surface area contributed by atoms with Crippen molar-refractivity contribution in [3.63, 3.8) is 0 Å². The predicted molar refractivity (Wildman–Crippen MR) is 106 cm³/mol. The molecule has 150 valence electrons. The normalized spacial score (nSPS) is 19.4. The number of hydrogen-bond acceptors (Lipinski definition) is 3. The van der Waals surface area contributed by atoms with E-state index in [0.717, 1.165) is 31.2 Å². The molecule has 0 aliphatic heterocycles. The highest BCUT2D eigenvalue weighted by atomic mass is 32.2. The number of hydrogen-bond donors (Lipinski definition) is 3. The summed E-state index contributed by atoms with van der Waals surface area (Å²) in [6, 6.07) is 6.73. The summed E-state index contributed by atoms with van der Waals surface area (Å²) in [5.41, 5.74) is 0.934. The van der Waals surface area contributed by atoms with Crippen molar-refractivity contribution in [2.75, 3.05) is 32.4 Å². The number of sulfonamides is 1. The van der Waals surface area contributed by atoms with Crippen molar-refractivity contribution in [3.05, 3.63) is 35.6 Å². The maximum atomic E-state index is 13.5. The first kappa shape index (κ1) is 20.1. The largest absolute Gasteiger partial charge is 0.356 e. The molecule has 2 aliphatic rings. The molecule has 0 spiro atoms. The first-order valence-electron chi connectivity index (χ1n) is 9.60. The molecule has 1 aromatic rings. The molecule has 0 bridgehead atoms. The molecule has 1 aromatic carbocycles. The summed E-state index contributed by atoms with van der Waals surface area (Å²) in [6.45, 7) is 1.47. The van der Waals surface area contributed by atoms with Crippen molar-refractivity contribution in [1.29, 1.82) is 0 Å². The Hall–Kier alpha value is -1.67. The molecule has 0 heterocycles. The van der Waals surface area contributed by atoms with E-state index in [2.05, 4.69) is 20.3 Å². The summed E-state index contributed by atoms with van der Waals surface area (Å²) < 4.78 is 40.3. The van der Waals surface area contributed by atoms with Crippen LogP contribution in [0.4, 0.5) is 4.39 Å². The van der Waals surface area contributed by atoms with Crippen LogP contribution < -0.4 is 15.4 Å². The van der Waals surface area contributed by atoms with Gasteiger partial charge < -0.3 is 10.6 Å². The molecule has 0 amide bonds. The van der Waals surface area contributed by atoms with E-state index < -0.39 is 10.0 Å². The third-order valence-corrected chi connectivity index (χ3v) is 6.94. The third kappa shape index (κ3) is 5.65. The molecule has 3 rings (SSSR count). The van der Waals surface area contributed by atoms with Crippen molar-refractivity contribution in [3.8, 4) is 0 Å². The van der Waals surface area contributed by atoms with E-state index in [-0.39, 0.29) is 23.5 Å². The van der Waals surface area contributed by atoms with E-state index in [9.17, 15) is 12.8 Å². The third-order valence-electron chi connectivity index (χ3n) is 5.59. The van der Waals surface area contributed by atoms with Gasteiger partial charge in [0.15, 0.2) is 5.96 Å². The van der Waals surface area contributed by atoms with Gasteiger partial charge in [0.2, 0.25) is 10.0 Å². The number of benzene rings is 1. The minimum absolute atomic E-state index is 0.00938. The quantitative estimate of drug-likeness (QED) is 0.439. The lowest BCUT2D eigenvalue weighted by Crippen LogP contribution is -2.44. The Morgan fingerprint density at radius 1 is 1.30 bits per heavy atom. The molecule has 2 saturated carbocycles. The summed E-state index contributed by atoms with van der Waals surface area (Å²) in [7, 11) is -1.62. The Balaban J connectivity index is 1.42. The second-order valence-electron chi connectivity index (χ2n) is 7.61. The molecule has 2 fully saturated rings. The first-order chi connectivity index (χ1) is 12.9. The van der Waals surface area contributed by atoms with Gasteiger partial charge in [-0.3, -0.25) is 4.99 Å². The van der Waals surface area contributed by atoms with E-state index in [1.807, 2.05) is 6.07 Å². The molecule has 8 heteroatoms. The predicted octanol–water partition coefficient (Wildman–Crippen LogP) is 1.74. The lowest BCUT2D eigenvalue weighted by atomic mass is 9.86. The summed E-state index contributed by atoms with van der Waals surface area (Å²) in [5.74, 6) is 0.850. The Kier molecular flexibility index (Phi) is 6.37. The van der Waals surface area contributed by atoms with Crippen molar-refractivity contribution < 1.29 is 12.8 Å². The fraction of sp³-hybridized carbons (Fsp3) is 0.632. The highest BCUT2D eigenvalue weighted by Gasteiger charge is 2.44. The van der Waals surface area contributed by atoms with Gasteiger partial charge in [-0.2, -0.15) is 0 Å². The molecule has 27 heavy (non-hydrogen) atoms. The summed E-state index contributed by atoms with van der Waals surface area (Å²) in [5, 5.41) is 6.30. The van der Waals surface area contributed by atoms with E-state index in [4.69, 9.17) is 0 Å². The highest BCUT2D eigenvalue weighted by Crippen LogP contribution is 2.47. The highest BCUT2D eigenvalue weighted by molar-refractivity contribution is 7.89. The van der Waals surface area contributed by atoms with Gasteiger partial charge in [-0.15, -0.1) is 0 Å². The van der Waals surface area contributed by atoms with Crippen molar-refractivity contribution in [1.82, 2.24) is 15.4 Å². The summed E-state index contributed by atoms with van der Waals surface area (Å²) in [4.78, 5) is 4.15. The fourth-order valence-electron chi connectivity index (χ4n) is 3.33. The molecule has 0 radical (unpaired) electrons. The molecule has 0 atom stereocenters. The van der Waals surface area contributed by atoms with Crippen LogP contribution in [0.25, 0.3) is 0 Å². The molecule has 0 aromatic heterocycles. The van der Waals surface area contributed by atoms with Gasteiger partial charge in [-0.1, -0.05) is 18.6 Å². The molecule has 2 aliphatic carbocycles. The van der Waals surface area contributed by atoms with Gasteiger partial charge in [0.05, 0.1) is 5.75 Å². The van der Waals surface area contributed by atoms with Crippen molar-refractivity contribution >= 4 is 16.0 Å². The number of nitrogens with zero attached hydrogens (tertiary/aromatic N) is 1. The SMILES string of the molecule is CN=C(NCCS(=O)(=O)NCC1CCC1)NCC1(c2cccc(F)c2)CC1. The van der Waals surface area contributed by atoms with Crippen LogP contribution in [0.5, 0.6) is 0 Å². The van der Waals surface area contributed by atoms with E-state index in [1.54, 1.807) is 19.2 Å². The standard InChI is InChI=1S/C19H29FN4O2S/c1-21-18(22-10-11-27(25,26)24-13-15-4-2-5-15)23-14-19(8-9-19)16-6-3-7-17(20)12-16/h3,6-7,12,15,24H,2,4-5,8-11,13-14H2,1H3,(H2,21,22,23). The topological polar surface area (TPSA) is 82.6 Å². The van der Waals surface area contributed by atoms with E-state index in [0.29, 0.717) is 25.0 Å². The maximum Gasteiger partial charge on any atom is 0.213 e. The molecule has 3 N–H and O–H groups in total. The van der Waals surface area contributed by atoms with Gasteiger partial charge in [0.25, 0.3) is 0 Å². The number of aliphatic imine (C=N–C) groups is 1. The second-order valence-corrected chi connectivity index (χ2v) is 9.53.